The van der Waals surface area contributed by atoms with Gasteiger partial charge in [-0.3, -0.25) is 19.5 Å². The summed E-state index contributed by atoms with van der Waals surface area (Å²) in [7, 11) is 1.56. The van der Waals surface area contributed by atoms with Gasteiger partial charge in [-0.05, 0) is 55.3 Å². The van der Waals surface area contributed by atoms with Crippen molar-refractivity contribution in [3.63, 3.8) is 0 Å². The lowest BCUT2D eigenvalue weighted by atomic mass is 9.96. The molecule has 1 aromatic heterocycles. The van der Waals surface area contributed by atoms with E-state index in [4.69, 9.17) is 9.47 Å². The number of nitrogens with zero attached hydrogens (tertiary/aromatic N) is 3. The molecule has 0 N–H and O–H groups in total. The molecule has 0 fully saturated rings. The Morgan fingerprint density at radius 2 is 1.88 bits per heavy atom. The molecule has 1 atom stereocenters. The smallest absolute Gasteiger partial charge is 0.338 e. The van der Waals surface area contributed by atoms with E-state index in [1.807, 2.05) is 0 Å². The van der Waals surface area contributed by atoms with Crippen molar-refractivity contribution in [2.75, 3.05) is 13.7 Å². The second-order valence-corrected chi connectivity index (χ2v) is 8.43. The van der Waals surface area contributed by atoms with E-state index >= 15 is 0 Å². The molecule has 1 aliphatic heterocycles. The second kappa shape index (κ2) is 9.44. The molecule has 34 heavy (non-hydrogen) atoms. The van der Waals surface area contributed by atoms with Crippen molar-refractivity contribution in [1.82, 2.24) is 4.57 Å². The molecule has 0 radical (unpaired) electrons. The largest absolute Gasteiger partial charge is 0.497 e. The van der Waals surface area contributed by atoms with Crippen LogP contribution >= 0.6 is 11.3 Å². The van der Waals surface area contributed by atoms with Crippen LogP contribution in [0, 0.1) is 10.1 Å². The van der Waals surface area contributed by atoms with Crippen molar-refractivity contribution >= 4 is 29.1 Å². The molecule has 9 nitrogen and oxygen atoms in total. The van der Waals surface area contributed by atoms with E-state index in [-0.39, 0.29) is 17.9 Å². The summed E-state index contributed by atoms with van der Waals surface area (Å²) >= 11 is 1.19. The lowest BCUT2D eigenvalue weighted by Crippen LogP contribution is -2.39. The van der Waals surface area contributed by atoms with Crippen LogP contribution in [0.3, 0.4) is 0 Å². The normalized spacial score (nSPS) is 15.5. The Kier molecular flexibility index (Phi) is 6.42. The number of esters is 1. The molecule has 174 valence electrons. The first-order valence-corrected chi connectivity index (χ1v) is 11.2. The molecule has 1 aliphatic rings. The maximum Gasteiger partial charge on any atom is 0.338 e. The molecule has 0 spiro atoms. The van der Waals surface area contributed by atoms with Gasteiger partial charge in [0.1, 0.15) is 5.75 Å². The lowest BCUT2D eigenvalue weighted by molar-refractivity contribution is -0.384. The van der Waals surface area contributed by atoms with Crippen molar-refractivity contribution in [3.05, 3.63) is 101 Å². The van der Waals surface area contributed by atoms with Crippen molar-refractivity contribution < 1.29 is 19.2 Å². The number of benzene rings is 2. The van der Waals surface area contributed by atoms with Crippen LogP contribution in [0.5, 0.6) is 5.75 Å². The molecular formula is C24H21N3O6S. The van der Waals surface area contributed by atoms with E-state index in [0.29, 0.717) is 37.5 Å². The molecule has 0 aliphatic carbocycles. The quantitative estimate of drug-likeness (QED) is 0.305. The predicted molar refractivity (Wildman–Crippen MR) is 126 cm³/mol. The second-order valence-electron chi connectivity index (χ2n) is 7.42. The molecular weight excluding hydrogens is 458 g/mol. The zero-order chi connectivity index (χ0) is 24.4. The number of rotatable bonds is 6. The highest BCUT2D eigenvalue weighted by Gasteiger charge is 2.33. The van der Waals surface area contributed by atoms with Crippen LogP contribution in [0.25, 0.3) is 6.08 Å². The highest BCUT2D eigenvalue weighted by Crippen LogP contribution is 2.31. The highest BCUT2D eigenvalue weighted by molar-refractivity contribution is 7.07. The average molecular weight is 480 g/mol. The fourth-order valence-corrected chi connectivity index (χ4v) is 4.78. The first-order valence-electron chi connectivity index (χ1n) is 10.4. The Balaban J connectivity index is 1.90. The molecule has 0 saturated heterocycles. The van der Waals surface area contributed by atoms with E-state index in [2.05, 4.69) is 4.99 Å². The Hall–Kier alpha value is -4.05. The number of nitro benzene ring substituents is 1. The zero-order valence-corrected chi connectivity index (χ0v) is 19.5. The summed E-state index contributed by atoms with van der Waals surface area (Å²) in [5, 5.41) is 10.9. The molecule has 0 bridgehead atoms. The number of methoxy groups -OCH3 is 1. The number of hydrogen-bond donors (Lipinski definition) is 0. The molecule has 0 unspecified atom stereocenters. The third-order valence-corrected chi connectivity index (χ3v) is 6.33. The molecule has 4 rings (SSSR count). The van der Waals surface area contributed by atoms with Gasteiger partial charge in [-0.25, -0.2) is 9.79 Å². The van der Waals surface area contributed by atoms with Crippen LogP contribution in [0.4, 0.5) is 5.69 Å². The number of carbonyl (C=O) groups excluding carboxylic acids is 1. The van der Waals surface area contributed by atoms with E-state index < -0.39 is 16.9 Å². The van der Waals surface area contributed by atoms with Crippen molar-refractivity contribution in [2.45, 2.75) is 19.9 Å². The third kappa shape index (κ3) is 4.27. The van der Waals surface area contributed by atoms with Crippen LogP contribution in [0.15, 0.2) is 69.6 Å². The van der Waals surface area contributed by atoms with Gasteiger partial charge in [0, 0.05) is 12.1 Å². The number of allylic oxidation sites excluding steroid dienone is 1. The van der Waals surface area contributed by atoms with Crippen LogP contribution < -0.4 is 19.6 Å². The van der Waals surface area contributed by atoms with Crippen LogP contribution in [0.2, 0.25) is 0 Å². The van der Waals surface area contributed by atoms with Gasteiger partial charge in [-0.15, -0.1) is 0 Å². The summed E-state index contributed by atoms with van der Waals surface area (Å²) < 4.78 is 12.4. The van der Waals surface area contributed by atoms with Gasteiger partial charge in [0.2, 0.25) is 0 Å². The number of thiazole rings is 1. The minimum atomic E-state index is -0.722. The average Bonchev–Trinajstić information content (AvgIpc) is 3.13. The maximum atomic E-state index is 13.5. The monoisotopic (exact) mass is 479 g/mol. The van der Waals surface area contributed by atoms with Gasteiger partial charge in [-0.1, -0.05) is 23.5 Å². The van der Waals surface area contributed by atoms with E-state index in [0.717, 1.165) is 0 Å². The van der Waals surface area contributed by atoms with E-state index in [1.54, 1.807) is 63.4 Å². The molecule has 3 aromatic rings. The number of fused-ring (bicyclic) bond motifs is 1. The summed E-state index contributed by atoms with van der Waals surface area (Å²) in [4.78, 5) is 41.8. The van der Waals surface area contributed by atoms with Crippen LogP contribution in [-0.2, 0) is 9.53 Å². The SMILES string of the molecule is CCOC(=O)C1=C(C)N=c2s/c(=C/c3ccc([N+](=O)[O-])cc3)c(=O)n2[C@@H]1c1ccc(OC)cc1. The van der Waals surface area contributed by atoms with Crippen molar-refractivity contribution in [2.24, 2.45) is 4.99 Å². The molecule has 0 saturated carbocycles. The maximum absolute atomic E-state index is 13.5. The molecule has 2 heterocycles. The zero-order valence-electron chi connectivity index (χ0n) is 18.7. The molecule has 0 amide bonds. The van der Waals surface area contributed by atoms with Gasteiger partial charge >= 0.3 is 5.97 Å². The fraction of sp³-hybridized carbons (Fsp3) is 0.208. The molecule has 10 heteroatoms. The Bertz CT molecular complexity index is 1470. The lowest BCUT2D eigenvalue weighted by Gasteiger charge is -2.24. The summed E-state index contributed by atoms with van der Waals surface area (Å²) in [5.41, 5.74) is 1.76. The van der Waals surface area contributed by atoms with E-state index in [1.165, 1.54) is 28.0 Å². The summed E-state index contributed by atoms with van der Waals surface area (Å²) in [6.07, 6.45) is 1.65. The number of ether oxygens (including phenoxy) is 2. The van der Waals surface area contributed by atoms with Gasteiger partial charge in [0.25, 0.3) is 11.2 Å². The van der Waals surface area contributed by atoms with Gasteiger partial charge in [0.05, 0.1) is 40.5 Å². The standard InChI is InChI=1S/C24H21N3O6S/c1-4-33-23(29)20-14(2)25-24-26(21(20)16-7-11-18(32-3)12-8-16)22(28)19(34-24)13-15-5-9-17(10-6-15)27(30)31/h5-13,21H,4H2,1-3H3/b19-13+/t21-/m1/s1. The van der Waals surface area contributed by atoms with Crippen LogP contribution in [0.1, 0.15) is 31.0 Å². The summed E-state index contributed by atoms with van der Waals surface area (Å²) in [5.74, 6) is 0.113. The predicted octanol–water partition coefficient (Wildman–Crippen LogP) is 2.72. The van der Waals surface area contributed by atoms with Gasteiger partial charge in [-0.2, -0.15) is 0 Å². The number of aromatic nitrogens is 1. The van der Waals surface area contributed by atoms with Crippen LogP contribution in [-0.4, -0.2) is 29.2 Å². The third-order valence-electron chi connectivity index (χ3n) is 5.35. The Morgan fingerprint density at radius 1 is 1.21 bits per heavy atom. The minimum Gasteiger partial charge on any atom is -0.497 e. The number of hydrogen-bond acceptors (Lipinski definition) is 8. The first-order chi connectivity index (χ1) is 16.3. The molecule has 2 aromatic carbocycles. The number of nitro groups is 1. The summed E-state index contributed by atoms with van der Waals surface area (Å²) in [6, 6.07) is 12.3. The number of non-ortho nitro benzene ring substituents is 1. The fourth-order valence-electron chi connectivity index (χ4n) is 3.74. The van der Waals surface area contributed by atoms with Crippen molar-refractivity contribution in [1.29, 1.82) is 0 Å². The van der Waals surface area contributed by atoms with E-state index in [9.17, 15) is 19.7 Å². The number of carbonyl (C=O) groups is 1. The summed E-state index contributed by atoms with van der Waals surface area (Å²) in [6.45, 7) is 3.63. The first kappa shape index (κ1) is 23.1. The Morgan fingerprint density at radius 3 is 2.47 bits per heavy atom. The van der Waals surface area contributed by atoms with Crippen molar-refractivity contribution in [3.8, 4) is 5.75 Å². The highest BCUT2D eigenvalue weighted by atomic mass is 32.1. The minimum absolute atomic E-state index is 0.0344. The van der Waals surface area contributed by atoms with Gasteiger partial charge < -0.3 is 9.47 Å². The topological polar surface area (TPSA) is 113 Å². The Labute approximate surface area is 198 Å². The van der Waals surface area contributed by atoms with Gasteiger partial charge in [0.15, 0.2) is 4.80 Å².